The molecule has 16 heavy (non-hydrogen) atoms. The van der Waals surface area contributed by atoms with Crippen LogP contribution in [0.25, 0.3) is 0 Å². The maximum absolute atomic E-state index is 5.83. The predicted molar refractivity (Wildman–Crippen MR) is 75.5 cm³/mol. The van der Waals surface area contributed by atoms with Crippen LogP contribution in [0, 0.1) is 6.92 Å². The zero-order valence-corrected chi connectivity index (χ0v) is 12.4. The molecular weight excluding hydrogens is 286 g/mol. The van der Waals surface area contributed by atoms with Crippen LogP contribution in [-0.2, 0) is 6.54 Å². The third kappa shape index (κ3) is 4.00. The molecule has 1 aromatic carbocycles. The normalized spacial score (nSPS) is 10.5. The summed E-state index contributed by atoms with van der Waals surface area (Å²) in [6.07, 6.45) is 2.09. The highest BCUT2D eigenvalue weighted by molar-refractivity contribution is 9.10. The van der Waals surface area contributed by atoms with Crippen LogP contribution in [0.4, 0.5) is 0 Å². The third-order valence-corrected chi connectivity index (χ3v) is 3.25. The molecule has 2 nitrogen and oxygen atoms in total. The van der Waals surface area contributed by atoms with E-state index in [-0.39, 0.29) is 0 Å². The standard InChI is InChI=1S/C12H18BrNOS/c1-9-6-11(13)7-10(8-14-2)12(9)15-4-5-16-3/h6-7,14H,4-5,8H2,1-3H3. The first-order valence-electron chi connectivity index (χ1n) is 5.24. The van der Waals surface area contributed by atoms with Crippen molar-refractivity contribution in [3.05, 3.63) is 27.7 Å². The molecule has 0 aromatic heterocycles. The molecule has 0 heterocycles. The van der Waals surface area contributed by atoms with Crippen molar-refractivity contribution in [1.82, 2.24) is 5.32 Å². The molecule has 0 atom stereocenters. The second-order valence-corrected chi connectivity index (χ2v) is 5.48. The Hall–Kier alpha value is -0.190. The molecular formula is C12H18BrNOS. The molecule has 0 fully saturated rings. The van der Waals surface area contributed by atoms with Crippen LogP contribution in [-0.4, -0.2) is 25.7 Å². The average molecular weight is 304 g/mol. The molecule has 90 valence electrons. The molecule has 0 saturated carbocycles. The van der Waals surface area contributed by atoms with Gasteiger partial charge in [-0.15, -0.1) is 0 Å². The summed E-state index contributed by atoms with van der Waals surface area (Å²) in [6.45, 7) is 3.67. The second-order valence-electron chi connectivity index (χ2n) is 3.58. The van der Waals surface area contributed by atoms with Crippen molar-refractivity contribution in [3.8, 4) is 5.75 Å². The number of rotatable bonds is 6. The molecule has 0 amide bonds. The summed E-state index contributed by atoms with van der Waals surface area (Å²) in [6, 6.07) is 4.20. The van der Waals surface area contributed by atoms with E-state index < -0.39 is 0 Å². The van der Waals surface area contributed by atoms with Crippen LogP contribution in [0.1, 0.15) is 11.1 Å². The van der Waals surface area contributed by atoms with Crippen molar-refractivity contribution in [2.75, 3.05) is 25.7 Å². The molecule has 1 aromatic rings. The summed E-state index contributed by atoms with van der Waals surface area (Å²) in [4.78, 5) is 0. The van der Waals surface area contributed by atoms with Gasteiger partial charge >= 0.3 is 0 Å². The van der Waals surface area contributed by atoms with Gasteiger partial charge in [0.05, 0.1) is 6.61 Å². The van der Waals surface area contributed by atoms with Crippen molar-refractivity contribution in [1.29, 1.82) is 0 Å². The number of nitrogens with one attached hydrogen (secondary N) is 1. The highest BCUT2D eigenvalue weighted by Gasteiger charge is 2.08. The Morgan fingerprint density at radius 1 is 1.44 bits per heavy atom. The Labute approximate surface area is 110 Å². The number of hydrogen-bond acceptors (Lipinski definition) is 3. The van der Waals surface area contributed by atoms with Crippen LogP contribution in [0.15, 0.2) is 16.6 Å². The van der Waals surface area contributed by atoms with Crippen molar-refractivity contribution in [3.63, 3.8) is 0 Å². The maximum Gasteiger partial charge on any atom is 0.126 e. The largest absolute Gasteiger partial charge is 0.492 e. The zero-order chi connectivity index (χ0) is 12.0. The quantitative estimate of drug-likeness (QED) is 0.815. The topological polar surface area (TPSA) is 21.3 Å². The lowest BCUT2D eigenvalue weighted by Crippen LogP contribution is -2.10. The fourth-order valence-corrected chi connectivity index (χ4v) is 2.42. The second kappa shape index (κ2) is 7.20. The summed E-state index contributed by atoms with van der Waals surface area (Å²) in [5.74, 6) is 2.04. The highest BCUT2D eigenvalue weighted by atomic mass is 79.9. The van der Waals surface area contributed by atoms with Gasteiger partial charge in [0.2, 0.25) is 0 Å². The SMILES string of the molecule is CNCc1cc(Br)cc(C)c1OCCSC. The van der Waals surface area contributed by atoms with Crippen LogP contribution < -0.4 is 10.1 Å². The van der Waals surface area contributed by atoms with E-state index in [0.717, 1.165) is 29.1 Å². The lowest BCUT2D eigenvalue weighted by molar-refractivity contribution is 0.337. The predicted octanol–water partition coefficient (Wildman–Crippen LogP) is 3.22. The molecule has 0 radical (unpaired) electrons. The van der Waals surface area contributed by atoms with Crippen molar-refractivity contribution < 1.29 is 4.74 Å². The summed E-state index contributed by atoms with van der Waals surface area (Å²) < 4.78 is 6.94. The number of benzene rings is 1. The molecule has 0 bridgehead atoms. The molecule has 0 aliphatic heterocycles. The first-order valence-corrected chi connectivity index (χ1v) is 7.43. The molecule has 0 unspecified atom stereocenters. The lowest BCUT2D eigenvalue weighted by Gasteiger charge is -2.14. The van der Waals surface area contributed by atoms with Gasteiger partial charge in [-0.25, -0.2) is 0 Å². The fourth-order valence-electron chi connectivity index (χ4n) is 1.55. The summed E-state index contributed by atoms with van der Waals surface area (Å²) in [5, 5.41) is 3.16. The summed E-state index contributed by atoms with van der Waals surface area (Å²) in [5.41, 5.74) is 2.39. The Balaban J connectivity index is 2.85. The first kappa shape index (κ1) is 13.9. The van der Waals surface area contributed by atoms with Gasteiger partial charge in [0, 0.05) is 22.3 Å². The lowest BCUT2D eigenvalue weighted by atomic mass is 10.1. The van der Waals surface area contributed by atoms with Gasteiger partial charge in [-0.2, -0.15) is 11.8 Å². The molecule has 1 N–H and O–H groups in total. The van der Waals surface area contributed by atoms with E-state index in [9.17, 15) is 0 Å². The van der Waals surface area contributed by atoms with E-state index in [1.54, 1.807) is 11.8 Å². The van der Waals surface area contributed by atoms with E-state index in [1.165, 1.54) is 11.1 Å². The van der Waals surface area contributed by atoms with E-state index in [4.69, 9.17) is 4.74 Å². The van der Waals surface area contributed by atoms with Gasteiger partial charge in [-0.05, 0) is 37.9 Å². The Morgan fingerprint density at radius 2 is 2.19 bits per heavy atom. The van der Waals surface area contributed by atoms with Gasteiger partial charge < -0.3 is 10.1 Å². The number of ether oxygens (including phenoxy) is 1. The maximum atomic E-state index is 5.83. The summed E-state index contributed by atoms with van der Waals surface area (Å²) >= 11 is 5.31. The van der Waals surface area contributed by atoms with Gasteiger partial charge in [0.15, 0.2) is 0 Å². The van der Waals surface area contributed by atoms with Crippen LogP contribution in [0.3, 0.4) is 0 Å². The van der Waals surface area contributed by atoms with E-state index in [1.807, 2.05) is 7.05 Å². The van der Waals surface area contributed by atoms with E-state index in [2.05, 4.69) is 46.6 Å². The molecule has 0 aliphatic carbocycles. The molecule has 4 heteroatoms. The van der Waals surface area contributed by atoms with E-state index in [0.29, 0.717) is 0 Å². The minimum Gasteiger partial charge on any atom is -0.492 e. The van der Waals surface area contributed by atoms with Gasteiger partial charge in [0.25, 0.3) is 0 Å². The van der Waals surface area contributed by atoms with E-state index >= 15 is 0 Å². The molecule has 0 saturated heterocycles. The minimum absolute atomic E-state index is 0.764. The minimum atomic E-state index is 0.764. The number of halogens is 1. The number of hydrogen-bond donors (Lipinski definition) is 1. The highest BCUT2D eigenvalue weighted by Crippen LogP contribution is 2.28. The number of aryl methyl sites for hydroxylation is 1. The first-order chi connectivity index (χ1) is 7.69. The number of thioether (sulfide) groups is 1. The Kier molecular flexibility index (Phi) is 6.24. The summed E-state index contributed by atoms with van der Waals surface area (Å²) in [7, 11) is 1.95. The third-order valence-electron chi connectivity index (χ3n) is 2.22. The van der Waals surface area contributed by atoms with Gasteiger partial charge in [-0.3, -0.25) is 0 Å². The van der Waals surface area contributed by atoms with Gasteiger partial charge in [0.1, 0.15) is 5.75 Å². The van der Waals surface area contributed by atoms with Gasteiger partial charge in [-0.1, -0.05) is 15.9 Å². The Morgan fingerprint density at radius 3 is 2.81 bits per heavy atom. The Bertz CT molecular complexity index is 344. The van der Waals surface area contributed by atoms with Crippen molar-refractivity contribution in [2.45, 2.75) is 13.5 Å². The molecule has 0 spiro atoms. The molecule has 1 rings (SSSR count). The van der Waals surface area contributed by atoms with Crippen molar-refractivity contribution >= 4 is 27.7 Å². The zero-order valence-electron chi connectivity index (χ0n) is 9.97. The van der Waals surface area contributed by atoms with Crippen molar-refractivity contribution in [2.24, 2.45) is 0 Å². The monoisotopic (exact) mass is 303 g/mol. The van der Waals surface area contributed by atoms with Crippen LogP contribution in [0.2, 0.25) is 0 Å². The van der Waals surface area contributed by atoms with Crippen LogP contribution in [0.5, 0.6) is 5.75 Å². The smallest absolute Gasteiger partial charge is 0.126 e. The average Bonchev–Trinajstić information content (AvgIpc) is 2.22. The molecule has 0 aliphatic rings. The van der Waals surface area contributed by atoms with Crippen LogP contribution >= 0.6 is 27.7 Å². The fraction of sp³-hybridized carbons (Fsp3) is 0.500.